The van der Waals surface area contributed by atoms with Crippen LogP contribution in [0.3, 0.4) is 0 Å². The van der Waals surface area contributed by atoms with Crippen molar-refractivity contribution in [3.63, 3.8) is 0 Å². The van der Waals surface area contributed by atoms with E-state index >= 15 is 0 Å². The Morgan fingerprint density at radius 3 is 1.94 bits per heavy atom. The van der Waals surface area contributed by atoms with Crippen LogP contribution in [0.2, 0.25) is 0 Å². The molecule has 0 aliphatic rings. The van der Waals surface area contributed by atoms with Gasteiger partial charge in [0.1, 0.15) is 5.60 Å². The molecule has 0 spiro atoms. The number of carbonyl (C=O) groups excluding carboxylic acids is 1. The minimum absolute atomic E-state index is 0.387. The van der Waals surface area contributed by atoms with Gasteiger partial charge in [0, 0.05) is 11.5 Å². The van der Waals surface area contributed by atoms with Crippen LogP contribution in [-0.2, 0) is 4.74 Å². The fraction of sp³-hybridized carbons (Fsp3) is 0.417. The van der Waals surface area contributed by atoms with Crippen LogP contribution < -0.4 is 5.32 Å². The van der Waals surface area contributed by atoms with Gasteiger partial charge in [-0.05, 0) is 32.9 Å². The molecule has 90 valence electrons. The van der Waals surface area contributed by atoms with E-state index in [0.717, 1.165) is 4.47 Å². The highest BCUT2D eigenvalue weighted by Crippen LogP contribution is 2.06. The van der Waals surface area contributed by atoms with E-state index in [-0.39, 0.29) is 11.7 Å². The molecule has 0 unspecified atom stereocenters. The lowest BCUT2D eigenvalue weighted by Gasteiger charge is -2.18. The molecule has 0 heterocycles. The van der Waals surface area contributed by atoms with Crippen molar-refractivity contribution < 1.29 is 9.53 Å². The van der Waals surface area contributed by atoms with E-state index in [1.807, 2.05) is 51.1 Å². The van der Waals surface area contributed by atoms with E-state index in [4.69, 9.17) is 4.74 Å². The van der Waals surface area contributed by atoms with Gasteiger partial charge in [-0.3, -0.25) is 0 Å². The predicted molar refractivity (Wildman–Crippen MR) is 69.4 cm³/mol. The number of alkyl carbamates (subject to hydrolysis) is 1. The Morgan fingerprint density at radius 1 is 1.25 bits per heavy atom. The second kappa shape index (κ2) is 7.28. The standard InChI is InChI=1S/C6H5Br.C6H13NO2/c7-6-4-2-1-3-5-6;1-6(2,3)9-5(8)7-4/h1-5H;1-4H3,(H,7,8). The van der Waals surface area contributed by atoms with Gasteiger partial charge in [0.2, 0.25) is 0 Å². The summed E-state index contributed by atoms with van der Waals surface area (Å²) < 4.78 is 5.97. The van der Waals surface area contributed by atoms with Crippen LogP contribution in [0.5, 0.6) is 0 Å². The van der Waals surface area contributed by atoms with Crippen LogP contribution >= 0.6 is 15.9 Å². The summed E-state index contributed by atoms with van der Waals surface area (Å²) in [5, 5.41) is 2.36. The average Bonchev–Trinajstić information content (AvgIpc) is 2.17. The van der Waals surface area contributed by atoms with Crippen molar-refractivity contribution in [3.05, 3.63) is 34.8 Å². The normalized spacial score (nSPS) is 9.81. The molecule has 1 aromatic rings. The first-order valence-corrected chi connectivity index (χ1v) is 5.76. The number of benzene rings is 1. The van der Waals surface area contributed by atoms with E-state index in [9.17, 15) is 4.79 Å². The molecule has 1 amide bonds. The van der Waals surface area contributed by atoms with Crippen LogP contribution in [0.15, 0.2) is 34.8 Å². The Kier molecular flexibility index (Phi) is 6.81. The average molecular weight is 288 g/mol. The summed E-state index contributed by atoms with van der Waals surface area (Å²) in [6.45, 7) is 5.46. The zero-order chi connectivity index (χ0) is 12.6. The summed E-state index contributed by atoms with van der Waals surface area (Å²) in [4.78, 5) is 10.5. The number of halogens is 1. The van der Waals surface area contributed by atoms with E-state index in [2.05, 4.69) is 21.2 Å². The first-order chi connectivity index (χ1) is 7.35. The van der Waals surface area contributed by atoms with E-state index in [1.54, 1.807) is 0 Å². The van der Waals surface area contributed by atoms with Crippen molar-refractivity contribution >= 4 is 22.0 Å². The van der Waals surface area contributed by atoms with Crippen molar-refractivity contribution in [1.82, 2.24) is 5.32 Å². The number of amides is 1. The number of hydrogen-bond acceptors (Lipinski definition) is 2. The summed E-state index contributed by atoms with van der Waals surface area (Å²) in [5.74, 6) is 0. The molecule has 3 nitrogen and oxygen atoms in total. The molecule has 0 fully saturated rings. The highest BCUT2D eigenvalue weighted by molar-refractivity contribution is 9.10. The number of hydrogen-bond donors (Lipinski definition) is 1. The number of rotatable bonds is 0. The molecule has 1 rings (SSSR count). The molecule has 16 heavy (non-hydrogen) atoms. The second-order valence-corrected chi connectivity index (χ2v) is 4.96. The van der Waals surface area contributed by atoms with E-state index in [1.165, 1.54) is 7.05 Å². The van der Waals surface area contributed by atoms with Gasteiger partial charge in [0.25, 0.3) is 0 Å². The molecular weight excluding hydrogens is 270 g/mol. The first-order valence-electron chi connectivity index (χ1n) is 4.96. The van der Waals surface area contributed by atoms with Crippen molar-refractivity contribution in [3.8, 4) is 0 Å². The fourth-order valence-electron chi connectivity index (χ4n) is 0.744. The minimum atomic E-state index is -0.389. The summed E-state index contributed by atoms with van der Waals surface area (Å²) >= 11 is 3.31. The molecular formula is C12H18BrNO2. The maximum absolute atomic E-state index is 10.5. The molecule has 0 saturated carbocycles. The zero-order valence-electron chi connectivity index (χ0n) is 10.1. The smallest absolute Gasteiger partial charge is 0.407 e. The van der Waals surface area contributed by atoms with E-state index in [0.29, 0.717) is 0 Å². The first kappa shape index (κ1) is 15.0. The highest BCUT2D eigenvalue weighted by Gasteiger charge is 2.13. The Hall–Kier alpha value is -1.03. The monoisotopic (exact) mass is 287 g/mol. The lowest BCUT2D eigenvalue weighted by molar-refractivity contribution is 0.0541. The maximum atomic E-state index is 10.5. The topological polar surface area (TPSA) is 38.3 Å². The van der Waals surface area contributed by atoms with Crippen LogP contribution in [0.1, 0.15) is 20.8 Å². The molecule has 1 aromatic carbocycles. The van der Waals surface area contributed by atoms with Crippen molar-refractivity contribution in [1.29, 1.82) is 0 Å². The van der Waals surface area contributed by atoms with Gasteiger partial charge in [-0.2, -0.15) is 0 Å². The summed E-state index contributed by atoms with van der Waals surface area (Å²) in [5.41, 5.74) is -0.389. The molecule has 1 N–H and O–H groups in total. The van der Waals surface area contributed by atoms with Crippen LogP contribution in [0, 0.1) is 0 Å². The predicted octanol–water partition coefficient (Wildman–Crippen LogP) is 3.59. The van der Waals surface area contributed by atoms with Crippen LogP contribution in [0.4, 0.5) is 4.79 Å². The number of carbonyl (C=O) groups is 1. The summed E-state index contributed by atoms with van der Waals surface area (Å²) in [7, 11) is 1.54. The van der Waals surface area contributed by atoms with Gasteiger partial charge in [-0.15, -0.1) is 0 Å². The van der Waals surface area contributed by atoms with Gasteiger partial charge in [0.15, 0.2) is 0 Å². The third-order valence-electron chi connectivity index (χ3n) is 1.34. The molecule has 0 bridgehead atoms. The van der Waals surface area contributed by atoms with Crippen molar-refractivity contribution in [2.75, 3.05) is 7.05 Å². The molecule has 0 saturated heterocycles. The van der Waals surface area contributed by atoms with Gasteiger partial charge < -0.3 is 10.1 Å². The quantitative estimate of drug-likeness (QED) is 0.792. The summed E-state index contributed by atoms with van der Waals surface area (Å²) in [6, 6.07) is 9.97. The largest absolute Gasteiger partial charge is 0.444 e. The zero-order valence-corrected chi connectivity index (χ0v) is 11.7. The Balaban J connectivity index is 0.000000288. The molecule has 0 atom stereocenters. The van der Waals surface area contributed by atoms with Gasteiger partial charge in [0.05, 0.1) is 0 Å². The Morgan fingerprint density at radius 2 is 1.75 bits per heavy atom. The molecule has 0 radical (unpaired) electrons. The maximum Gasteiger partial charge on any atom is 0.407 e. The molecule has 0 aromatic heterocycles. The Bertz CT molecular complexity index is 307. The fourth-order valence-corrected chi connectivity index (χ4v) is 1.05. The van der Waals surface area contributed by atoms with E-state index < -0.39 is 0 Å². The summed E-state index contributed by atoms with van der Waals surface area (Å²) in [6.07, 6.45) is -0.387. The van der Waals surface area contributed by atoms with Crippen LogP contribution in [0.25, 0.3) is 0 Å². The molecule has 0 aliphatic heterocycles. The molecule has 4 heteroatoms. The van der Waals surface area contributed by atoms with Crippen molar-refractivity contribution in [2.45, 2.75) is 26.4 Å². The lowest BCUT2D eigenvalue weighted by Crippen LogP contribution is -2.30. The van der Waals surface area contributed by atoms with Gasteiger partial charge in [-0.1, -0.05) is 34.1 Å². The SMILES string of the molecule is Brc1ccccc1.CNC(=O)OC(C)(C)C. The van der Waals surface area contributed by atoms with Gasteiger partial charge in [-0.25, -0.2) is 4.79 Å². The Labute approximate surface area is 105 Å². The minimum Gasteiger partial charge on any atom is -0.444 e. The van der Waals surface area contributed by atoms with Crippen molar-refractivity contribution in [2.24, 2.45) is 0 Å². The molecule has 0 aliphatic carbocycles. The van der Waals surface area contributed by atoms with Gasteiger partial charge >= 0.3 is 6.09 Å². The lowest BCUT2D eigenvalue weighted by atomic mass is 10.2. The second-order valence-electron chi connectivity index (χ2n) is 4.05. The third kappa shape index (κ3) is 9.52. The number of ether oxygens (including phenoxy) is 1. The highest BCUT2D eigenvalue weighted by atomic mass is 79.9. The number of nitrogens with one attached hydrogen (secondary N) is 1. The third-order valence-corrected chi connectivity index (χ3v) is 1.86. The van der Waals surface area contributed by atoms with Crippen LogP contribution in [-0.4, -0.2) is 18.7 Å².